The first-order chi connectivity index (χ1) is 9.15. The number of methoxy groups -OCH3 is 1. The van der Waals surface area contributed by atoms with E-state index in [0.717, 1.165) is 19.0 Å². The summed E-state index contributed by atoms with van der Waals surface area (Å²) in [5.41, 5.74) is 1.82. The number of hydrogen-bond donors (Lipinski definition) is 0. The molecule has 0 N–H and O–H groups in total. The summed E-state index contributed by atoms with van der Waals surface area (Å²) in [6.45, 7) is 6.74. The zero-order valence-corrected chi connectivity index (χ0v) is 12.0. The van der Waals surface area contributed by atoms with E-state index < -0.39 is 0 Å². The van der Waals surface area contributed by atoms with E-state index in [1.165, 1.54) is 18.4 Å². The molecular formula is C16H22N2O. The highest BCUT2D eigenvalue weighted by molar-refractivity contribution is 5.45. The van der Waals surface area contributed by atoms with E-state index in [2.05, 4.69) is 24.8 Å². The molecule has 1 aromatic rings. The zero-order valence-electron chi connectivity index (χ0n) is 12.0. The molecule has 1 fully saturated rings. The van der Waals surface area contributed by atoms with Gasteiger partial charge in [-0.05, 0) is 49.9 Å². The van der Waals surface area contributed by atoms with Crippen molar-refractivity contribution in [2.24, 2.45) is 5.92 Å². The summed E-state index contributed by atoms with van der Waals surface area (Å²) in [5, 5.41) is 9.00. The summed E-state index contributed by atoms with van der Waals surface area (Å²) in [7, 11) is 1.62. The molecule has 19 heavy (non-hydrogen) atoms. The predicted molar refractivity (Wildman–Crippen MR) is 76.0 cm³/mol. The summed E-state index contributed by atoms with van der Waals surface area (Å²) in [6.07, 6.45) is 2.60. The molecule has 102 valence electrons. The van der Waals surface area contributed by atoms with Crippen molar-refractivity contribution in [3.63, 3.8) is 0 Å². The van der Waals surface area contributed by atoms with Gasteiger partial charge >= 0.3 is 0 Å². The van der Waals surface area contributed by atoms with Gasteiger partial charge in [-0.15, -0.1) is 0 Å². The molecule has 2 unspecified atom stereocenters. The molecule has 0 bridgehead atoms. The van der Waals surface area contributed by atoms with Crippen molar-refractivity contribution in [1.29, 1.82) is 5.26 Å². The Hall–Kier alpha value is -1.53. The second-order valence-corrected chi connectivity index (χ2v) is 5.48. The van der Waals surface area contributed by atoms with Crippen LogP contribution in [0.5, 0.6) is 5.75 Å². The van der Waals surface area contributed by atoms with E-state index in [-0.39, 0.29) is 0 Å². The Bertz CT molecular complexity index is 478. The Kier molecular flexibility index (Phi) is 4.44. The van der Waals surface area contributed by atoms with Crippen molar-refractivity contribution in [3.8, 4) is 11.8 Å². The first-order valence-electron chi connectivity index (χ1n) is 6.96. The van der Waals surface area contributed by atoms with Gasteiger partial charge in [0.2, 0.25) is 0 Å². The van der Waals surface area contributed by atoms with Crippen LogP contribution in [0, 0.1) is 17.2 Å². The molecule has 0 radical (unpaired) electrons. The van der Waals surface area contributed by atoms with Crippen molar-refractivity contribution >= 4 is 0 Å². The second-order valence-electron chi connectivity index (χ2n) is 5.48. The fourth-order valence-corrected chi connectivity index (χ4v) is 2.80. The van der Waals surface area contributed by atoms with E-state index in [1.807, 2.05) is 18.2 Å². The van der Waals surface area contributed by atoms with E-state index >= 15 is 0 Å². The largest absolute Gasteiger partial charge is 0.495 e. The van der Waals surface area contributed by atoms with E-state index in [9.17, 15) is 0 Å². The monoisotopic (exact) mass is 258 g/mol. The average molecular weight is 258 g/mol. The molecule has 0 saturated carbocycles. The van der Waals surface area contributed by atoms with Gasteiger partial charge in [-0.3, -0.25) is 4.90 Å². The van der Waals surface area contributed by atoms with Crippen LogP contribution < -0.4 is 4.74 Å². The van der Waals surface area contributed by atoms with Gasteiger partial charge in [-0.1, -0.05) is 13.0 Å². The Morgan fingerprint density at radius 1 is 1.42 bits per heavy atom. The molecule has 3 heteroatoms. The molecule has 1 aliphatic heterocycles. The highest BCUT2D eigenvalue weighted by atomic mass is 16.5. The average Bonchev–Trinajstić information content (AvgIpc) is 2.43. The lowest BCUT2D eigenvalue weighted by atomic mass is 9.91. The van der Waals surface area contributed by atoms with Gasteiger partial charge in [-0.25, -0.2) is 0 Å². The van der Waals surface area contributed by atoms with Crippen molar-refractivity contribution in [2.75, 3.05) is 13.7 Å². The predicted octanol–water partition coefficient (Wildman–Crippen LogP) is 3.19. The third-order valence-electron chi connectivity index (χ3n) is 4.28. The maximum atomic E-state index is 9.00. The molecule has 1 saturated heterocycles. The summed E-state index contributed by atoms with van der Waals surface area (Å²) >= 11 is 0. The third-order valence-corrected chi connectivity index (χ3v) is 4.28. The number of rotatable bonds is 3. The lowest BCUT2D eigenvalue weighted by molar-refractivity contribution is 0.106. The maximum absolute atomic E-state index is 9.00. The van der Waals surface area contributed by atoms with Gasteiger partial charge in [0.15, 0.2) is 0 Å². The SMILES string of the molecule is COc1cc(CN2CCCC(C)C2C)ccc1C#N. The van der Waals surface area contributed by atoms with Crippen LogP contribution in [0.2, 0.25) is 0 Å². The number of benzene rings is 1. The smallest absolute Gasteiger partial charge is 0.136 e. The number of nitriles is 1. The first-order valence-corrected chi connectivity index (χ1v) is 6.96. The maximum Gasteiger partial charge on any atom is 0.136 e. The first kappa shape index (κ1) is 13.9. The summed E-state index contributed by atoms with van der Waals surface area (Å²) in [6, 6.07) is 8.65. The number of hydrogen-bond acceptors (Lipinski definition) is 3. The van der Waals surface area contributed by atoms with Crippen molar-refractivity contribution < 1.29 is 4.74 Å². The van der Waals surface area contributed by atoms with Crippen molar-refractivity contribution in [2.45, 2.75) is 39.3 Å². The molecule has 2 atom stereocenters. The Balaban J connectivity index is 2.13. The van der Waals surface area contributed by atoms with Crippen LogP contribution in [0.25, 0.3) is 0 Å². The van der Waals surface area contributed by atoms with Gasteiger partial charge in [0, 0.05) is 12.6 Å². The quantitative estimate of drug-likeness (QED) is 0.835. The number of likely N-dealkylation sites (tertiary alicyclic amines) is 1. The lowest BCUT2D eigenvalue weighted by Gasteiger charge is -2.38. The van der Waals surface area contributed by atoms with E-state index in [0.29, 0.717) is 17.4 Å². The Morgan fingerprint density at radius 3 is 2.89 bits per heavy atom. The summed E-state index contributed by atoms with van der Waals surface area (Å²) in [4.78, 5) is 2.52. The molecule has 1 aliphatic rings. The van der Waals surface area contributed by atoms with Gasteiger partial charge in [-0.2, -0.15) is 5.26 Å². The Labute approximate surface area is 115 Å². The van der Waals surface area contributed by atoms with Crippen LogP contribution in [0.3, 0.4) is 0 Å². The highest BCUT2D eigenvalue weighted by Crippen LogP contribution is 2.26. The molecule has 0 spiro atoms. The van der Waals surface area contributed by atoms with E-state index in [4.69, 9.17) is 10.00 Å². The van der Waals surface area contributed by atoms with Crippen LogP contribution in [-0.2, 0) is 6.54 Å². The molecule has 0 amide bonds. The van der Waals surface area contributed by atoms with Gasteiger partial charge in [0.25, 0.3) is 0 Å². The fourth-order valence-electron chi connectivity index (χ4n) is 2.80. The number of ether oxygens (including phenoxy) is 1. The minimum Gasteiger partial charge on any atom is -0.495 e. The van der Waals surface area contributed by atoms with Gasteiger partial charge in [0.1, 0.15) is 11.8 Å². The second kappa shape index (κ2) is 6.08. The molecular weight excluding hydrogens is 236 g/mol. The molecule has 2 rings (SSSR count). The lowest BCUT2D eigenvalue weighted by Crippen LogP contribution is -2.41. The third kappa shape index (κ3) is 3.08. The van der Waals surface area contributed by atoms with Crippen LogP contribution in [0.15, 0.2) is 18.2 Å². The molecule has 3 nitrogen and oxygen atoms in total. The highest BCUT2D eigenvalue weighted by Gasteiger charge is 2.24. The zero-order chi connectivity index (χ0) is 13.8. The topological polar surface area (TPSA) is 36.3 Å². The standard InChI is InChI=1S/C16H22N2O/c1-12-5-4-8-18(13(12)2)11-14-6-7-15(10-17)16(9-14)19-3/h6-7,9,12-13H,4-5,8,11H2,1-3H3. The van der Waals surface area contributed by atoms with Crippen LogP contribution in [-0.4, -0.2) is 24.6 Å². The number of piperidine rings is 1. The summed E-state index contributed by atoms with van der Waals surface area (Å²) in [5.74, 6) is 1.44. The van der Waals surface area contributed by atoms with Crippen LogP contribution >= 0.6 is 0 Å². The van der Waals surface area contributed by atoms with E-state index in [1.54, 1.807) is 7.11 Å². The van der Waals surface area contributed by atoms with Gasteiger partial charge in [0.05, 0.1) is 12.7 Å². The van der Waals surface area contributed by atoms with Crippen molar-refractivity contribution in [1.82, 2.24) is 4.90 Å². The minimum atomic E-state index is 0.603. The van der Waals surface area contributed by atoms with Gasteiger partial charge < -0.3 is 4.74 Å². The van der Waals surface area contributed by atoms with Crippen LogP contribution in [0.4, 0.5) is 0 Å². The summed E-state index contributed by atoms with van der Waals surface area (Å²) < 4.78 is 5.27. The molecule has 0 aromatic heterocycles. The minimum absolute atomic E-state index is 0.603. The molecule has 1 aromatic carbocycles. The Morgan fingerprint density at radius 2 is 2.21 bits per heavy atom. The van der Waals surface area contributed by atoms with Crippen molar-refractivity contribution in [3.05, 3.63) is 29.3 Å². The van der Waals surface area contributed by atoms with Crippen LogP contribution in [0.1, 0.15) is 37.8 Å². The normalized spacial score (nSPS) is 23.9. The number of nitrogens with zero attached hydrogens (tertiary/aromatic N) is 2. The fraction of sp³-hybridized carbons (Fsp3) is 0.562. The molecule has 0 aliphatic carbocycles. The molecule has 1 heterocycles.